The fraction of sp³-hybridized carbons (Fsp3) is 0.303. The highest BCUT2D eigenvalue weighted by atomic mass is 32.2. The lowest BCUT2D eigenvalue weighted by Gasteiger charge is -2.48. The van der Waals surface area contributed by atoms with Gasteiger partial charge >= 0.3 is 5.97 Å². The molecule has 0 aromatic heterocycles. The summed E-state index contributed by atoms with van der Waals surface area (Å²) >= 11 is 1.58. The Labute approximate surface area is 238 Å². The number of rotatable bonds is 7. The molecule has 2 fully saturated rings. The first-order valence-electron chi connectivity index (χ1n) is 13.6. The van der Waals surface area contributed by atoms with Gasteiger partial charge in [0, 0.05) is 10.9 Å². The fourth-order valence-electron chi connectivity index (χ4n) is 5.29. The van der Waals surface area contributed by atoms with E-state index >= 15 is 0 Å². The quantitative estimate of drug-likeness (QED) is 0.234. The molecule has 206 valence electrons. The van der Waals surface area contributed by atoms with Crippen LogP contribution in [0, 0.1) is 6.92 Å². The zero-order valence-electron chi connectivity index (χ0n) is 22.5. The molecule has 0 bridgehead atoms. The van der Waals surface area contributed by atoms with Crippen LogP contribution in [0.5, 0.6) is 5.75 Å². The van der Waals surface area contributed by atoms with E-state index in [1.807, 2.05) is 67.6 Å². The number of carbonyl (C=O) groups excluding carboxylic acids is 1. The molecular weight excluding hydrogens is 524 g/mol. The number of ether oxygens (including phenoxy) is 5. The molecule has 0 radical (unpaired) electrons. The molecule has 2 aliphatic rings. The van der Waals surface area contributed by atoms with Crippen LogP contribution in [0.15, 0.2) is 97.1 Å². The summed E-state index contributed by atoms with van der Waals surface area (Å²) < 4.78 is 32.4. The Morgan fingerprint density at radius 2 is 1.60 bits per heavy atom. The van der Waals surface area contributed by atoms with E-state index in [4.69, 9.17) is 23.7 Å². The molecule has 6 rings (SSSR count). The Morgan fingerprint density at radius 1 is 0.875 bits per heavy atom. The van der Waals surface area contributed by atoms with Gasteiger partial charge in [-0.15, -0.1) is 11.8 Å². The summed E-state index contributed by atoms with van der Waals surface area (Å²) in [5.74, 6) is 1.09. The van der Waals surface area contributed by atoms with Gasteiger partial charge in [0.2, 0.25) is 0 Å². The predicted molar refractivity (Wildman–Crippen MR) is 156 cm³/mol. The van der Waals surface area contributed by atoms with E-state index in [9.17, 15) is 4.79 Å². The van der Waals surface area contributed by atoms with Crippen LogP contribution in [0.4, 0.5) is 0 Å². The number of fused-ring (bicyclic) bond motifs is 2. The van der Waals surface area contributed by atoms with E-state index in [1.54, 1.807) is 23.9 Å². The second-order valence-corrected chi connectivity index (χ2v) is 11.3. The molecule has 2 saturated heterocycles. The zero-order valence-corrected chi connectivity index (χ0v) is 23.3. The van der Waals surface area contributed by atoms with Gasteiger partial charge in [0.15, 0.2) is 18.5 Å². The molecule has 0 N–H and O–H groups in total. The van der Waals surface area contributed by atoms with Crippen molar-refractivity contribution in [1.29, 1.82) is 0 Å². The summed E-state index contributed by atoms with van der Waals surface area (Å²) in [5, 5.41) is 2.06. The van der Waals surface area contributed by atoms with E-state index in [-0.39, 0.29) is 0 Å². The van der Waals surface area contributed by atoms with Crippen LogP contribution in [-0.2, 0) is 18.9 Å². The first-order chi connectivity index (χ1) is 19.6. The number of esters is 1. The van der Waals surface area contributed by atoms with Crippen LogP contribution < -0.4 is 4.74 Å². The highest BCUT2D eigenvalue weighted by molar-refractivity contribution is 7.99. The zero-order chi connectivity index (χ0) is 27.5. The first-order valence-corrected chi connectivity index (χ1v) is 14.7. The first kappa shape index (κ1) is 26.8. The van der Waals surface area contributed by atoms with Gasteiger partial charge in [-0.05, 0) is 35.8 Å². The second-order valence-electron chi connectivity index (χ2n) is 9.93. The molecule has 6 nitrogen and oxygen atoms in total. The molecule has 6 atom stereocenters. The minimum atomic E-state index is -0.730. The topological polar surface area (TPSA) is 63.2 Å². The maximum atomic E-state index is 13.4. The van der Waals surface area contributed by atoms with Gasteiger partial charge in [0.1, 0.15) is 23.4 Å². The third kappa shape index (κ3) is 5.47. The van der Waals surface area contributed by atoms with Crippen molar-refractivity contribution in [3.63, 3.8) is 0 Å². The van der Waals surface area contributed by atoms with E-state index in [2.05, 4.69) is 31.2 Å². The van der Waals surface area contributed by atoms with Crippen molar-refractivity contribution in [1.82, 2.24) is 0 Å². The molecule has 1 unspecified atom stereocenters. The smallest absolute Gasteiger partial charge is 0.338 e. The summed E-state index contributed by atoms with van der Waals surface area (Å²) in [5.41, 5.74) is 1.91. The third-order valence-electron chi connectivity index (χ3n) is 7.27. The SMILES string of the molecule is CCS[C@@H]1O[C@@H]2COC(c3ccccc3)O[C@H]2[C@H](Oc2c(C)ccc3ccccc23)[C@H]1OC(=O)c1ccccc1. The summed E-state index contributed by atoms with van der Waals surface area (Å²) in [4.78, 5) is 13.4. The molecule has 0 spiro atoms. The van der Waals surface area contributed by atoms with Crippen LogP contribution in [0.3, 0.4) is 0 Å². The highest BCUT2D eigenvalue weighted by Crippen LogP contribution is 2.41. The minimum absolute atomic E-state index is 0.332. The van der Waals surface area contributed by atoms with Gasteiger partial charge in [-0.25, -0.2) is 4.79 Å². The van der Waals surface area contributed by atoms with Crippen LogP contribution >= 0.6 is 11.8 Å². The Balaban J connectivity index is 1.40. The van der Waals surface area contributed by atoms with E-state index in [0.717, 1.165) is 33.4 Å². The summed E-state index contributed by atoms with van der Waals surface area (Å²) in [7, 11) is 0. The molecule has 0 amide bonds. The lowest BCUT2D eigenvalue weighted by molar-refractivity contribution is -0.314. The molecule has 7 heteroatoms. The number of aryl methyl sites for hydroxylation is 1. The summed E-state index contributed by atoms with van der Waals surface area (Å²) in [6, 6.07) is 31.1. The Bertz CT molecular complexity index is 1450. The molecular formula is C33H32O6S. The van der Waals surface area contributed by atoms with Gasteiger partial charge in [-0.3, -0.25) is 0 Å². The number of hydrogen-bond donors (Lipinski definition) is 0. The van der Waals surface area contributed by atoms with Crippen molar-refractivity contribution in [3.8, 4) is 5.75 Å². The van der Waals surface area contributed by atoms with Gasteiger partial charge in [0.25, 0.3) is 0 Å². The van der Waals surface area contributed by atoms with E-state index < -0.39 is 42.1 Å². The maximum Gasteiger partial charge on any atom is 0.338 e. The van der Waals surface area contributed by atoms with Crippen molar-refractivity contribution in [2.75, 3.05) is 12.4 Å². The lowest BCUT2D eigenvalue weighted by atomic mass is 9.97. The van der Waals surface area contributed by atoms with Crippen molar-refractivity contribution < 1.29 is 28.5 Å². The van der Waals surface area contributed by atoms with Crippen LogP contribution in [0.2, 0.25) is 0 Å². The Morgan fingerprint density at radius 3 is 2.38 bits per heavy atom. The number of hydrogen-bond acceptors (Lipinski definition) is 7. The largest absolute Gasteiger partial charge is 0.483 e. The normalized spacial score (nSPS) is 26.1. The highest BCUT2D eigenvalue weighted by Gasteiger charge is 2.53. The molecule has 0 aliphatic carbocycles. The number of thioether (sulfide) groups is 1. The molecule has 40 heavy (non-hydrogen) atoms. The fourth-order valence-corrected chi connectivity index (χ4v) is 6.24. The average Bonchev–Trinajstić information content (AvgIpc) is 3.00. The maximum absolute atomic E-state index is 13.4. The van der Waals surface area contributed by atoms with Crippen molar-refractivity contribution in [3.05, 3.63) is 114 Å². The number of benzene rings is 4. The molecule has 2 heterocycles. The van der Waals surface area contributed by atoms with Gasteiger partial charge in [0.05, 0.1) is 12.2 Å². The molecule has 2 aliphatic heterocycles. The van der Waals surface area contributed by atoms with Crippen molar-refractivity contribution >= 4 is 28.5 Å². The molecule has 0 saturated carbocycles. The predicted octanol–water partition coefficient (Wildman–Crippen LogP) is 6.71. The Kier molecular flexibility index (Phi) is 8.07. The number of carbonyl (C=O) groups is 1. The second kappa shape index (κ2) is 12.0. The Hall–Kier alpha value is -3.36. The van der Waals surface area contributed by atoms with E-state index in [1.165, 1.54) is 0 Å². The van der Waals surface area contributed by atoms with Crippen molar-refractivity contribution in [2.45, 2.75) is 50.0 Å². The van der Waals surface area contributed by atoms with Crippen LogP contribution in [-0.4, -0.2) is 48.2 Å². The summed E-state index contributed by atoms with van der Waals surface area (Å²) in [6.07, 6.45) is -2.90. The molecule has 4 aromatic rings. The monoisotopic (exact) mass is 556 g/mol. The molecule has 4 aromatic carbocycles. The third-order valence-corrected chi connectivity index (χ3v) is 8.31. The van der Waals surface area contributed by atoms with Gasteiger partial charge in [-0.1, -0.05) is 91.9 Å². The van der Waals surface area contributed by atoms with Crippen molar-refractivity contribution in [2.24, 2.45) is 0 Å². The minimum Gasteiger partial charge on any atom is -0.483 e. The summed E-state index contributed by atoms with van der Waals surface area (Å²) in [6.45, 7) is 4.42. The van der Waals surface area contributed by atoms with Crippen LogP contribution in [0.25, 0.3) is 10.8 Å². The van der Waals surface area contributed by atoms with Gasteiger partial charge < -0.3 is 23.7 Å². The van der Waals surface area contributed by atoms with E-state index in [0.29, 0.717) is 12.2 Å². The lowest BCUT2D eigenvalue weighted by Crippen LogP contribution is -2.63. The van der Waals surface area contributed by atoms with Crippen LogP contribution in [0.1, 0.15) is 34.7 Å². The average molecular weight is 557 g/mol. The van der Waals surface area contributed by atoms with Gasteiger partial charge in [-0.2, -0.15) is 0 Å². The standard InChI is InChI=1S/C33H32O6S/c1-3-40-33-30(38-31(34)23-13-6-4-7-14-23)29(37-27-21(2)18-19-22-12-10-11-17-25(22)27)28-26(36-33)20-35-32(39-28)24-15-8-5-9-16-24/h4-19,26,28-30,32-33H,3,20H2,1-2H3/t26-,28-,29+,30-,32?,33+/m1/s1.